The third-order valence-electron chi connectivity index (χ3n) is 3.53. The number of rotatable bonds is 4. The molecular weight excluding hydrogens is 240 g/mol. The number of nitrogens with one attached hydrogen (secondary N) is 1. The Labute approximate surface area is 114 Å². The van der Waals surface area contributed by atoms with Gasteiger partial charge in [0.25, 0.3) is 0 Å². The summed E-state index contributed by atoms with van der Waals surface area (Å²) < 4.78 is 5.52. The van der Waals surface area contributed by atoms with Crippen LogP contribution >= 0.6 is 0 Å². The van der Waals surface area contributed by atoms with Gasteiger partial charge in [-0.15, -0.1) is 0 Å². The summed E-state index contributed by atoms with van der Waals surface area (Å²) in [5, 5.41) is 3.24. The predicted molar refractivity (Wildman–Crippen MR) is 76.8 cm³/mol. The highest BCUT2D eigenvalue weighted by Gasteiger charge is 2.25. The van der Waals surface area contributed by atoms with Crippen LogP contribution in [0.5, 0.6) is 5.75 Å². The quantitative estimate of drug-likeness (QED) is 0.903. The van der Waals surface area contributed by atoms with Crippen molar-refractivity contribution in [1.82, 2.24) is 5.32 Å². The highest BCUT2D eigenvalue weighted by molar-refractivity contribution is 5.97. The molecule has 104 valence electrons. The molecule has 4 nitrogen and oxygen atoms in total. The zero-order valence-electron chi connectivity index (χ0n) is 11.9. The van der Waals surface area contributed by atoms with E-state index in [4.69, 9.17) is 4.74 Å². The second kappa shape index (κ2) is 6.06. The first-order chi connectivity index (χ1) is 9.13. The molecule has 1 fully saturated rings. The third-order valence-corrected chi connectivity index (χ3v) is 3.53. The Kier molecular flexibility index (Phi) is 4.43. The molecule has 0 spiro atoms. The van der Waals surface area contributed by atoms with E-state index in [1.807, 2.05) is 39.1 Å². The van der Waals surface area contributed by atoms with Crippen molar-refractivity contribution in [3.63, 3.8) is 0 Å². The minimum absolute atomic E-state index is 0.0307. The minimum atomic E-state index is -0.0307. The van der Waals surface area contributed by atoms with Crippen LogP contribution in [0.3, 0.4) is 0 Å². The van der Waals surface area contributed by atoms with E-state index in [9.17, 15) is 4.79 Å². The third kappa shape index (κ3) is 3.07. The van der Waals surface area contributed by atoms with E-state index >= 15 is 0 Å². The van der Waals surface area contributed by atoms with E-state index in [1.165, 1.54) is 0 Å². The lowest BCUT2D eigenvalue weighted by Crippen LogP contribution is -2.41. The van der Waals surface area contributed by atoms with Crippen LogP contribution < -0.4 is 15.0 Å². The van der Waals surface area contributed by atoms with Crippen molar-refractivity contribution in [2.24, 2.45) is 0 Å². The molecular formula is C15H22N2O2. The fourth-order valence-corrected chi connectivity index (χ4v) is 2.42. The topological polar surface area (TPSA) is 41.6 Å². The molecule has 1 unspecified atom stereocenters. The molecule has 1 amide bonds. The Morgan fingerprint density at radius 3 is 2.89 bits per heavy atom. The minimum Gasteiger partial charge on any atom is -0.494 e. The van der Waals surface area contributed by atoms with Crippen molar-refractivity contribution in [3.8, 4) is 5.75 Å². The largest absolute Gasteiger partial charge is 0.494 e. The number of benzene rings is 1. The summed E-state index contributed by atoms with van der Waals surface area (Å²) in [7, 11) is 1.83. The van der Waals surface area contributed by atoms with Crippen LogP contribution in [0.1, 0.15) is 25.3 Å². The molecule has 19 heavy (non-hydrogen) atoms. The Morgan fingerprint density at radius 2 is 2.32 bits per heavy atom. The highest BCUT2D eigenvalue weighted by atomic mass is 16.5. The van der Waals surface area contributed by atoms with Gasteiger partial charge in [-0.05, 0) is 57.0 Å². The van der Waals surface area contributed by atoms with E-state index in [0.717, 1.165) is 36.4 Å². The van der Waals surface area contributed by atoms with Crippen molar-refractivity contribution < 1.29 is 9.53 Å². The zero-order valence-corrected chi connectivity index (χ0v) is 11.9. The molecule has 0 aliphatic carbocycles. The van der Waals surface area contributed by atoms with Gasteiger partial charge in [0, 0.05) is 12.7 Å². The van der Waals surface area contributed by atoms with Gasteiger partial charge in [0.2, 0.25) is 5.91 Å². The summed E-state index contributed by atoms with van der Waals surface area (Å²) in [6.07, 6.45) is 2.01. The Bertz CT molecular complexity index is 453. The fourth-order valence-electron chi connectivity index (χ4n) is 2.42. The standard InChI is InChI=1S/C15H22N2O2/c1-4-19-14-8-7-12(10-11(14)2)17(3)15(18)13-6-5-9-16-13/h7-8,10,13,16H,4-6,9H2,1-3H3. The zero-order chi connectivity index (χ0) is 13.8. The molecule has 1 aromatic rings. The maximum absolute atomic E-state index is 12.3. The maximum atomic E-state index is 12.3. The van der Waals surface area contributed by atoms with Gasteiger partial charge in [0.15, 0.2) is 0 Å². The number of carbonyl (C=O) groups excluding carboxylic acids is 1. The molecule has 1 aromatic carbocycles. The molecule has 1 aliphatic rings. The highest BCUT2D eigenvalue weighted by Crippen LogP contribution is 2.24. The van der Waals surface area contributed by atoms with Gasteiger partial charge < -0.3 is 15.0 Å². The number of anilines is 1. The van der Waals surface area contributed by atoms with E-state index < -0.39 is 0 Å². The molecule has 1 atom stereocenters. The molecule has 2 rings (SSSR count). The average Bonchev–Trinajstić information content (AvgIpc) is 2.93. The Hall–Kier alpha value is -1.55. The molecule has 4 heteroatoms. The number of nitrogens with zero attached hydrogens (tertiary/aromatic N) is 1. The first-order valence-electron chi connectivity index (χ1n) is 6.88. The molecule has 1 saturated heterocycles. The van der Waals surface area contributed by atoms with Gasteiger partial charge in [0.1, 0.15) is 5.75 Å². The number of likely N-dealkylation sites (N-methyl/N-ethyl adjacent to an activating group) is 1. The summed E-state index contributed by atoms with van der Waals surface area (Å²) in [6, 6.07) is 5.83. The fraction of sp³-hybridized carbons (Fsp3) is 0.533. The second-order valence-electron chi connectivity index (χ2n) is 4.93. The lowest BCUT2D eigenvalue weighted by atomic mass is 10.1. The summed E-state index contributed by atoms with van der Waals surface area (Å²) in [6.45, 7) is 5.56. The van der Waals surface area contributed by atoms with Crippen LogP contribution in [0.15, 0.2) is 18.2 Å². The van der Waals surface area contributed by atoms with Crippen LogP contribution in [0, 0.1) is 6.92 Å². The van der Waals surface area contributed by atoms with Gasteiger partial charge in [-0.25, -0.2) is 0 Å². The SMILES string of the molecule is CCOc1ccc(N(C)C(=O)C2CCCN2)cc1C. The smallest absolute Gasteiger partial charge is 0.243 e. The molecule has 0 aromatic heterocycles. The number of hydrogen-bond acceptors (Lipinski definition) is 3. The van der Waals surface area contributed by atoms with E-state index in [1.54, 1.807) is 4.90 Å². The van der Waals surface area contributed by atoms with Crippen LogP contribution in [0.2, 0.25) is 0 Å². The molecule has 0 radical (unpaired) electrons. The second-order valence-corrected chi connectivity index (χ2v) is 4.93. The normalized spacial score (nSPS) is 18.4. The molecule has 1 N–H and O–H groups in total. The van der Waals surface area contributed by atoms with Gasteiger partial charge >= 0.3 is 0 Å². The molecule has 0 saturated carbocycles. The molecule has 1 heterocycles. The first-order valence-corrected chi connectivity index (χ1v) is 6.88. The number of amides is 1. The van der Waals surface area contributed by atoms with Crippen molar-refractivity contribution in [2.75, 3.05) is 25.1 Å². The number of aryl methyl sites for hydroxylation is 1. The summed E-state index contributed by atoms with van der Waals surface area (Å²) >= 11 is 0. The van der Waals surface area contributed by atoms with Crippen molar-refractivity contribution >= 4 is 11.6 Å². The number of ether oxygens (including phenoxy) is 1. The van der Waals surface area contributed by atoms with Crippen molar-refractivity contribution in [2.45, 2.75) is 32.7 Å². The van der Waals surface area contributed by atoms with Crippen LogP contribution in [0.25, 0.3) is 0 Å². The number of hydrogen-bond donors (Lipinski definition) is 1. The van der Waals surface area contributed by atoms with Crippen LogP contribution in [-0.4, -0.2) is 32.1 Å². The first kappa shape index (κ1) is 13.9. The van der Waals surface area contributed by atoms with Crippen LogP contribution in [-0.2, 0) is 4.79 Å². The average molecular weight is 262 g/mol. The monoisotopic (exact) mass is 262 g/mol. The lowest BCUT2D eigenvalue weighted by molar-refractivity contribution is -0.119. The maximum Gasteiger partial charge on any atom is 0.243 e. The van der Waals surface area contributed by atoms with Gasteiger partial charge in [-0.1, -0.05) is 0 Å². The van der Waals surface area contributed by atoms with Crippen molar-refractivity contribution in [3.05, 3.63) is 23.8 Å². The van der Waals surface area contributed by atoms with E-state index in [-0.39, 0.29) is 11.9 Å². The molecule has 1 aliphatic heterocycles. The summed E-state index contributed by atoms with van der Waals surface area (Å²) in [4.78, 5) is 14.0. The van der Waals surface area contributed by atoms with Gasteiger partial charge in [-0.2, -0.15) is 0 Å². The van der Waals surface area contributed by atoms with Crippen molar-refractivity contribution in [1.29, 1.82) is 0 Å². The molecule has 0 bridgehead atoms. The number of carbonyl (C=O) groups is 1. The van der Waals surface area contributed by atoms with Gasteiger partial charge in [0.05, 0.1) is 12.6 Å². The lowest BCUT2D eigenvalue weighted by Gasteiger charge is -2.22. The summed E-state index contributed by atoms with van der Waals surface area (Å²) in [5.41, 5.74) is 1.97. The Morgan fingerprint density at radius 1 is 1.53 bits per heavy atom. The van der Waals surface area contributed by atoms with E-state index in [0.29, 0.717) is 6.61 Å². The van der Waals surface area contributed by atoms with Crippen LogP contribution in [0.4, 0.5) is 5.69 Å². The summed E-state index contributed by atoms with van der Waals surface area (Å²) in [5.74, 6) is 1.02. The predicted octanol–water partition coefficient (Wildman–Crippen LogP) is 2.11. The Balaban J connectivity index is 2.12. The van der Waals surface area contributed by atoms with E-state index in [2.05, 4.69) is 5.32 Å². The van der Waals surface area contributed by atoms with Gasteiger partial charge in [-0.3, -0.25) is 4.79 Å².